The Hall–Kier alpha value is -4.73. The van der Waals surface area contributed by atoms with E-state index in [1.807, 2.05) is 60.7 Å². The molecule has 1 aliphatic heterocycles. The number of benzene rings is 3. The monoisotopic (exact) mass is 538 g/mol. The molecule has 0 unspecified atom stereocenters. The molecule has 40 heavy (non-hydrogen) atoms. The Morgan fingerprint density at radius 3 is 2.70 bits per heavy atom. The zero-order valence-electron chi connectivity index (χ0n) is 21.9. The number of carboxylic acids is 1. The van der Waals surface area contributed by atoms with Crippen LogP contribution in [0.25, 0.3) is 11.3 Å². The molecule has 4 aromatic rings. The number of rotatable bonds is 6. The van der Waals surface area contributed by atoms with Crippen molar-refractivity contribution in [2.45, 2.75) is 13.2 Å². The first kappa shape index (κ1) is 26.9. The lowest BCUT2D eigenvalue weighted by Crippen LogP contribution is -2.13. The van der Waals surface area contributed by atoms with Gasteiger partial charge >= 0.3 is 5.97 Å². The third-order valence-electron chi connectivity index (χ3n) is 6.11. The summed E-state index contributed by atoms with van der Waals surface area (Å²) in [5.41, 5.74) is 5.50. The molecule has 3 N–H and O–H groups in total. The lowest BCUT2D eigenvalue weighted by atomic mass is 10.1. The van der Waals surface area contributed by atoms with Crippen LogP contribution in [0, 0.1) is 0 Å². The quantitative estimate of drug-likeness (QED) is 0.211. The number of nitrogens with zero attached hydrogens (tertiary/aromatic N) is 2. The third kappa shape index (κ3) is 7.43. The zero-order valence-corrected chi connectivity index (χ0v) is 21.9. The number of anilines is 3. The number of fused-ring (bicyclic) bond motifs is 7. The minimum atomic E-state index is -0.963. The average molecular weight is 539 g/mol. The van der Waals surface area contributed by atoms with Crippen LogP contribution in [-0.2, 0) is 22.7 Å². The Labute approximate surface area is 232 Å². The first-order chi connectivity index (χ1) is 19.6. The second-order valence-electron chi connectivity index (χ2n) is 9.08. The van der Waals surface area contributed by atoms with Crippen molar-refractivity contribution in [1.82, 2.24) is 9.97 Å². The van der Waals surface area contributed by atoms with Gasteiger partial charge in [0.15, 0.2) is 0 Å². The van der Waals surface area contributed by atoms with Crippen molar-refractivity contribution in [2.75, 3.05) is 37.0 Å². The van der Waals surface area contributed by atoms with Gasteiger partial charge in [-0.25, -0.2) is 14.8 Å². The predicted octanol–water partition coefficient (Wildman–Crippen LogP) is 5.68. The van der Waals surface area contributed by atoms with E-state index < -0.39 is 5.97 Å². The molecule has 0 saturated heterocycles. The topological polar surface area (TPSA) is 115 Å². The van der Waals surface area contributed by atoms with E-state index >= 15 is 0 Å². The van der Waals surface area contributed by atoms with Crippen molar-refractivity contribution in [3.8, 4) is 17.0 Å². The van der Waals surface area contributed by atoms with Crippen LogP contribution in [0.1, 0.15) is 21.5 Å². The minimum absolute atomic E-state index is 0.231. The van der Waals surface area contributed by atoms with Crippen molar-refractivity contribution in [3.63, 3.8) is 0 Å². The minimum Gasteiger partial charge on any atom is -0.491 e. The second-order valence-corrected chi connectivity index (χ2v) is 9.08. The molecule has 0 fully saturated rings. The normalized spacial score (nSPS) is 14.2. The summed E-state index contributed by atoms with van der Waals surface area (Å²) < 4.78 is 17.8. The lowest BCUT2D eigenvalue weighted by Gasteiger charge is -2.15. The Balaban J connectivity index is 1.31. The molecule has 5 rings (SSSR count). The van der Waals surface area contributed by atoms with E-state index in [2.05, 4.69) is 21.7 Å². The highest BCUT2D eigenvalue weighted by Gasteiger charge is 2.10. The van der Waals surface area contributed by atoms with Gasteiger partial charge in [-0.1, -0.05) is 36.4 Å². The summed E-state index contributed by atoms with van der Waals surface area (Å²) in [4.78, 5) is 20.3. The van der Waals surface area contributed by atoms with Gasteiger partial charge in [0.05, 0.1) is 37.7 Å². The van der Waals surface area contributed by atoms with E-state index in [9.17, 15) is 9.90 Å². The highest BCUT2D eigenvalue weighted by molar-refractivity contribution is 5.88. The molecule has 0 atom stereocenters. The molecule has 0 spiro atoms. The van der Waals surface area contributed by atoms with Gasteiger partial charge in [-0.3, -0.25) is 0 Å². The van der Waals surface area contributed by atoms with Crippen LogP contribution >= 0.6 is 0 Å². The summed E-state index contributed by atoms with van der Waals surface area (Å²) in [5.74, 6) is 0.214. The van der Waals surface area contributed by atoms with Gasteiger partial charge in [-0.15, -0.1) is 0 Å². The molecule has 3 aromatic carbocycles. The Kier molecular flexibility index (Phi) is 8.98. The van der Waals surface area contributed by atoms with Crippen molar-refractivity contribution in [3.05, 3.63) is 108 Å². The van der Waals surface area contributed by atoms with E-state index in [1.165, 1.54) is 0 Å². The van der Waals surface area contributed by atoms with Crippen LogP contribution in [0.15, 0.2) is 91.1 Å². The summed E-state index contributed by atoms with van der Waals surface area (Å²) >= 11 is 0. The fourth-order valence-corrected chi connectivity index (χ4v) is 4.18. The van der Waals surface area contributed by atoms with E-state index in [0.717, 1.165) is 33.8 Å². The molecule has 9 nitrogen and oxygen atoms in total. The maximum absolute atomic E-state index is 11.2. The number of nitrogens with one attached hydrogen (secondary N) is 2. The van der Waals surface area contributed by atoms with Gasteiger partial charge in [0.25, 0.3) is 0 Å². The highest BCUT2D eigenvalue weighted by atomic mass is 16.5. The van der Waals surface area contributed by atoms with Crippen LogP contribution in [0.3, 0.4) is 0 Å². The molecule has 0 aliphatic carbocycles. The Morgan fingerprint density at radius 2 is 1.82 bits per heavy atom. The molecule has 9 heteroatoms. The van der Waals surface area contributed by atoms with Crippen LogP contribution in [0.2, 0.25) is 0 Å². The number of hydrogen-bond donors (Lipinski definition) is 3. The number of aromatic nitrogens is 2. The molecule has 204 valence electrons. The summed E-state index contributed by atoms with van der Waals surface area (Å²) in [5, 5.41) is 15.7. The van der Waals surface area contributed by atoms with Gasteiger partial charge in [0.2, 0.25) is 5.95 Å². The molecule has 1 aliphatic rings. The van der Waals surface area contributed by atoms with Gasteiger partial charge < -0.3 is 30.0 Å². The first-order valence-electron chi connectivity index (χ1n) is 13.0. The first-order valence-corrected chi connectivity index (χ1v) is 13.0. The molecule has 1 aromatic heterocycles. The number of carbonyl (C=O) groups is 1. The molecule has 6 bridgehead atoms. The van der Waals surface area contributed by atoms with E-state index in [0.29, 0.717) is 51.3 Å². The average Bonchev–Trinajstić information content (AvgIpc) is 2.97. The summed E-state index contributed by atoms with van der Waals surface area (Å²) in [7, 11) is 0. The van der Waals surface area contributed by atoms with E-state index in [1.54, 1.807) is 24.4 Å². The number of carboxylic acid groups (broad SMARTS) is 1. The number of hydrogen-bond acceptors (Lipinski definition) is 8. The molecule has 0 saturated carbocycles. The highest BCUT2D eigenvalue weighted by Crippen LogP contribution is 2.26. The van der Waals surface area contributed by atoms with Gasteiger partial charge in [-0.05, 0) is 54.1 Å². The largest absolute Gasteiger partial charge is 0.491 e. The zero-order chi connectivity index (χ0) is 27.6. The molecular formula is C31H30N4O5. The van der Waals surface area contributed by atoms with Crippen LogP contribution < -0.4 is 15.4 Å². The smallest absolute Gasteiger partial charge is 0.335 e. The van der Waals surface area contributed by atoms with Gasteiger partial charge in [-0.2, -0.15) is 0 Å². The Bertz CT molecular complexity index is 1490. The SMILES string of the molecule is O=C(O)c1cccc(NCCOc2ccc3cc2COC/C=C/COCc2cccc(c2)-c2ccnc(n2)N3)c1. The van der Waals surface area contributed by atoms with E-state index in [-0.39, 0.29) is 5.56 Å². The van der Waals surface area contributed by atoms with Crippen LogP contribution in [0.4, 0.5) is 17.3 Å². The summed E-state index contributed by atoms with van der Waals surface area (Å²) in [6.45, 7) is 2.63. The van der Waals surface area contributed by atoms with Crippen molar-refractivity contribution >= 4 is 23.3 Å². The number of ether oxygens (including phenoxy) is 3. The summed E-state index contributed by atoms with van der Waals surface area (Å²) in [6, 6.07) is 22.5. The van der Waals surface area contributed by atoms with Gasteiger partial charge in [0, 0.05) is 35.2 Å². The third-order valence-corrected chi connectivity index (χ3v) is 6.11. The predicted molar refractivity (Wildman–Crippen MR) is 153 cm³/mol. The Morgan fingerprint density at radius 1 is 0.975 bits per heavy atom. The fraction of sp³-hybridized carbons (Fsp3) is 0.194. The van der Waals surface area contributed by atoms with E-state index in [4.69, 9.17) is 19.2 Å². The standard InChI is InChI=1S/C31H30N4O5/c36-30(37)24-7-4-8-26(18-24)32-13-16-40-29-10-9-27-19-25(29)21-39-15-2-1-14-38-20-22-5-3-6-23(17-22)28-11-12-33-31(34-27)35-28/h1-12,17-19,32H,13-16,20-21H2,(H,36,37)(H,33,34,35)/b2-1+. The maximum atomic E-state index is 11.2. The van der Waals surface area contributed by atoms with Crippen LogP contribution in [-0.4, -0.2) is 47.4 Å². The van der Waals surface area contributed by atoms with Crippen molar-refractivity contribution in [1.29, 1.82) is 0 Å². The van der Waals surface area contributed by atoms with Crippen molar-refractivity contribution < 1.29 is 24.1 Å². The summed E-state index contributed by atoms with van der Waals surface area (Å²) in [6.07, 6.45) is 5.62. The molecule has 0 radical (unpaired) electrons. The molecule has 0 amide bonds. The van der Waals surface area contributed by atoms with Crippen molar-refractivity contribution in [2.24, 2.45) is 0 Å². The maximum Gasteiger partial charge on any atom is 0.335 e. The second kappa shape index (κ2) is 13.4. The van der Waals surface area contributed by atoms with Gasteiger partial charge in [0.1, 0.15) is 12.4 Å². The molecule has 2 heterocycles. The fourth-order valence-electron chi connectivity index (χ4n) is 4.18. The molecular weight excluding hydrogens is 508 g/mol. The lowest BCUT2D eigenvalue weighted by molar-refractivity contribution is 0.0697. The number of aromatic carboxylic acids is 1. The van der Waals surface area contributed by atoms with Crippen LogP contribution in [0.5, 0.6) is 5.75 Å².